The molecule has 0 unspecified atom stereocenters. The second kappa shape index (κ2) is 19.7. The number of fused-ring (bicyclic) bond motifs is 3. The maximum absolute atomic E-state index is 11.0. The van der Waals surface area contributed by atoms with Gasteiger partial charge in [-0.3, -0.25) is 14.4 Å². The van der Waals surface area contributed by atoms with Crippen LogP contribution in [0.1, 0.15) is 33.4 Å². The summed E-state index contributed by atoms with van der Waals surface area (Å²) in [6.07, 6.45) is 4.94. The minimum Gasteiger partial charge on any atom is -0.508 e. The summed E-state index contributed by atoms with van der Waals surface area (Å²) in [5.41, 5.74) is 6.45. The van der Waals surface area contributed by atoms with E-state index < -0.39 is 17.9 Å². The first-order valence-electron chi connectivity index (χ1n) is 20.5. The van der Waals surface area contributed by atoms with Gasteiger partial charge in [0.05, 0.1) is 43.4 Å². The van der Waals surface area contributed by atoms with Crippen LogP contribution in [0.2, 0.25) is 0 Å². The molecule has 0 amide bonds. The Balaban J connectivity index is 0.000000147. The molecule has 0 saturated heterocycles. The summed E-state index contributed by atoms with van der Waals surface area (Å²) in [4.78, 5) is 33.0. The molecule has 0 atom stereocenters. The van der Waals surface area contributed by atoms with Crippen LogP contribution in [0.4, 0.5) is 0 Å². The molecule has 3 aromatic heterocycles. The van der Waals surface area contributed by atoms with Gasteiger partial charge in [0.15, 0.2) is 0 Å². The molecule has 0 aliphatic rings. The SMILES string of the molecule is O=C(O)Cc1cn(Cc2cccc(O)c2)c2ccc(O)cc12.O=C(O)Cc1cn(Cc2ccccc2O)c2c(O)cccc12.O=C(O)Cc1cn(Cc2ccccc2O)c2cc(O)ccc12. The average Bonchev–Trinajstić information content (AvgIpc) is 3.89. The van der Waals surface area contributed by atoms with Crippen LogP contribution < -0.4 is 0 Å². The highest BCUT2D eigenvalue weighted by Gasteiger charge is 2.17. The molecule has 0 spiro atoms. The fourth-order valence-corrected chi connectivity index (χ4v) is 7.94. The molecular weight excluding hydrogens is 847 g/mol. The summed E-state index contributed by atoms with van der Waals surface area (Å²) in [5, 5.41) is 88.1. The van der Waals surface area contributed by atoms with Crippen LogP contribution in [-0.2, 0) is 53.3 Å². The summed E-state index contributed by atoms with van der Waals surface area (Å²) >= 11 is 0. The number of para-hydroxylation sites is 3. The number of phenolic OH excluding ortho intramolecular Hbond substituents is 6. The molecule has 0 aliphatic carbocycles. The highest BCUT2D eigenvalue weighted by Crippen LogP contribution is 2.32. The zero-order valence-electron chi connectivity index (χ0n) is 35.2. The first-order chi connectivity index (χ1) is 31.6. The van der Waals surface area contributed by atoms with E-state index in [0.717, 1.165) is 32.9 Å². The lowest BCUT2D eigenvalue weighted by Gasteiger charge is -2.08. The van der Waals surface area contributed by atoms with Gasteiger partial charge < -0.3 is 59.7 Å². The number of carboxylic acid groups (broad SMARTS) is 3. The lowest BCUT2D eigenvalue weighted by Crippen LogP contribution is -2.00. The van der Waals surface area contributed by atoms with E-state index in [4.69, 9.17) is 15.3 Å². The van der Waals surface area contributed by atoms with E-state index in [-0.39, 0.29) is 53.8 Å². The fourth-order valence-electron chi connectivity index (χ4n) is 7.94. The van der Waals surface area contributed by atoms with E-state index >= 15 is 0 Å². The Bertz CT molecular complexity index is 3240. The number of phenols is 6. The lowest BCUT2D eigenvalue weighted by atomic mass is 10.1. The summed E-state index contributed by atoms with van der Waals surface area (Å²) in [6.45, 7) is 1.25. The zero-order chi connectivity index (χ0) is 47.1. The molecule has 66 heavy (non-hydrogen) atoms. The number of carbonyl (C=O) groups is 3. The van der Waals surface area contributed by atoms with Crippen molar-refractivity contribution in [3.63, 3.8) is 0 Å². The monoisotopic (exact) mass is 891 g/mol. The van der Waals surface area contributed by atoms with Crippen molar-refractivity contribution in [2.45, 2.75) is 38.9 Å². The minimum atomic E-state index is -0.926. The van der Waals surface area contributed by atoms with Gasteiger partial charge in [-0.1, -0.05) is 60.7 Å². The van der Waals surface area contributed by atoms with E-state index in [0.29, 0.717) is 52.8 Å². The van der Waals surface area contributed by atoms with E-state index in [9.17, 15) is 45.0 Å². The number of rotatable bonds is 12. The largest absolute Gasteiger partial charge is 0.508 e. The van der Waals surface area contributed by atoms with Gasteiger partial charge in [0.25, 0.3) is 0 Å². The molecule has 0 radical (unpaired) electrons. The van der Waals surface area contributed by atoms with Crippen molar-refractivity contribution in [2.24, 2.45) is 0 Å². The number of aromatic hydroxyl groups is 6. The normalized spacial score (nSPS) is 10.9. The molecule has 15 nitrogen and oxygen atoms in total. The molecule has 336 valence electrons. The molecule has 0 bridgehead atoms. The first-order valence-corrected chi connectivity index (χ1v) is 20.5. The maximum Gasteiger partial charge on any atom is 0.307 e. The van der Waals surface area contributed by atoms with Gasteiger partial charge in [-0.25, -0.2) is 0 Å². The Hall–Kier alpha value is -8.85. The fraction of sp³-hybridized carbons (Fsp3) is 0.118. The molecule has 6 aromatic carbocycles. The van der Waals surface area contributed by atoms with Crippen LogP contribution in [0.15, 0.2) is 146 Å². The van der Waals surface area contributed by atoms with Crippen LogP contribution in [0.3, 0.4) is 0 Å². The van der Waals surface area contributed by atoms with E-state index in [1.165, 1.54) is 6.07 Å². The summed E-state index contributed by atoms with van der Waals surface area (Å²) in [5.74, 6) is -1.90. The van der Waals surface area contributed by atoms with Crippen molar-refractivity contribution in [1.82, 2.24) is 13.7 Å². The van der Waals surface area contributed by atoms with Gasteiger partial charge in [-0.05, 0) is 82.9 Å². The summed E-state index contributed by atoms with van der Waals surface area (Å²) in [6, 6.07) is 35.7. The topological polar surface area (TPSA) is 248 Å². The van der Waals surface area contributed by atoms with Crippen LogP contribution in [0.25, 0.3) is 32.7 Å². The Kier molecular flexibility index (Phi) is 13.5. The Labute approximate surface area is 376 Å². The molecule has 0 aliphatic heterocycles. The predicted molar refractivity (Wildman–Crippen MR) is 246 cm³/mol. The number of aliphatic carboxylic acids is 3. The van der Waals surface area contributed by atoms with Crippen molar-refractivity contribution < 1.29 is 60.3 Å². The van der Waals surface area contributed by atoms with Crippen molar-refractivity contribution in [3.05, 3.63) is 179 Å². The zero-order valence-corrected chi connectivity index (χ0v) is 35.2. The minimum absolute atomic E-state index is 0.0876. The van der Waals surface area contributed by atoms with Crippen LogP contribution in [-0.4, -0.2) is 77.6 Å². The third-order valence-electron chi connectivity index (χ3n) is 10.8. The number of carboxylic acids is 3. The third-order valence-corrected chi connectivity index (χ3v) is 10.8. The second-order valence-corrected chi connectivity index (χ2v) is 15.6. The molecule has 3 heterocycles. The molecule has 0 saturated carbocycles. The molecule has 9 rings (SSSR count). The van der Waals surface area contributed by atoms with Crippen LogP contribution >= 0.6 is 0 Å². The first kappa shape index (κ1) is 45.2. The average molecular weight is 892 g/mol. The number of aromatic nitrogens is 3. The molecule has 15 heteroatoms. The highest BCUT2D eigenvalue weighted by atomic mass is 16.4. The third kappa shape index (κ3) is 10.7. The number of hydrogen-bond donors (Lipinski definition) is 9. The van der Waals surface area contributed by atoms with E-state index in [1.54, 1.807) is 126 Å². The summed E-state index contributed by atoms with van der Waals surface area (Å²) in [7, 11) is 0. The van der Waals surface area contributed by atoms with Crippen LogP contribution in [0.5, 0.6) is 34.5 Å². The molecule has 9 aromatic rings. The van der Waals surface area contributed by atoms with Crippen molar-refractivity contribution in [1.29, 1.82) is 0 Å². The van der Waals surface area contributed by atoms with Crippen molar-refractivity contribution >= 4 is 50.6 Å². The van der Waals surface area contributed by atoms with Gasteiger partial charge in [0.1, 0.15) is 34.5 Å². The summed E-state index contributed by atoms with van der Waals surface area (Å²) < 4.78 is 5.52. The van der Waals surface area contributed by atoms with Crippen molar-refractivity contribution in [2.75, 3.05) is 0 Å². The number of benzene rings is 6. The number of hydrogen-bond acceptors (Lipinski definition) is 9. The van der Waals surface area contributed by atoms with E-state index in [1.807, 2.05) is 27.3 Å². The van der Waals surface area contributed by atoms with Crippen LogP contribution in [0, 0.1) is 0 Å². The molecule has 9 N–H and O–H groups in total. The maximum atomic E-state index is 11.0. The molecular formula is C51H45N3O12. The number of nitrogens with zero attached hydrogens (tertiary/aromatic N) is 3. The smallest absolute Gasteiger partial charge is 0.307 e. The van der Waals surface area contributed by atoms with Gasteiger partial charge in [0, 0.05) is 64.0 Å². The van der Waals surface area contributed by atoms with Gasteiger partial charge in [0.2, 0.25) is 0 Å². The van der Waals surface area contributed by atoms with Gasteiger partial charge in [-0.2, -0.15) is 0 Å². The predicted octanol–water partition coefficient (Wildman–Crippen LogP) is 8.18. The van der Waals surface area contributed by atoms with Crippen molar-refractivity contribution in [3.8, 4) is 34.5 Å². The second-order valence-electron chi connectivity index (χ2n) is 15.6. The van der Waals surface area contributed by atoms with Gasteiger partial charge >= 0.3 is 17.9 Å². The Morgan fingerprint density at radius 1 is 0.379 bits per heavy atom. The molecule has 0 fully saturated rings. The Morgan fingerprint density at radius 2 is 0.864 bits per heavy atom. The quantitative estimate of drug-likeness (QED) is 0.0564. The van der Waals surface area contributed by atoms with E-state index in [2.05, 4.69) is 0 Å². The lowest BCUT2D eigenvalue weighted by molar-refractivity contribution is -0.137. The standard InChI is InChI=1S/3C17H15NO4/c19-14-6-2-1-4-11(14)9-18-10-12(8-16(21)22)13-5-3-7-15(20)17(13)18;19-13-3-1-2-11(6-13)9-18-10-12(7-17(21)22)15-8-14(20)4-5-16(15)18;19-13-5-6-14-12(7-17(21)22)10-18(15(14)8-13)9-11-3-1-2-4-16(11)20/h1-7,10,19-20H,8-9H2,(H,21,22);2*1-6,8,10,19-20H,7,9H2,(H,21,22). The Morgan fingerprint density at radius 3 is 1.47 bits per heavy atom. The highest BCUT2D eigenvalue weighted by molar-refractivity contribution is 5.92. The van der Waals surface area contributed by atoms with Gasteiger partial charge in [-0.15, -0.1) is 0 Å².